The molecular formula is C15H18N4O3S. The summed E-state index contributed by atoms with van der Waals surface area (Å²) in [6.07, 6.45) is 0. The Balaban J connectivity index is 1.78. The average molecular weight is 334 g/mol. The second-order valence-corrected chi connectivity index (χ2v) is 5.95. The summed E-state index contributed by atoms with van der Waals surface area (Å²) in [6.45, 7) is 3.92. The molecule has 0 saturated carbocycles. The molecule has 0 saturated heterocycles. The van der Waals surface area contributed by atoms with E-state index in [1.54, 1.807) is 24.3 Å². The van der Waals surface area contributed by atoms with Crippen LogP contribution in [0.25, 0.3) is 0 Å². The number of hydrogen-bond donors (Lipinski definition) is 2. The van der Waals surface area contributed by atoms with Crippen LogP contribution in [-0.4, -0.2) is 33.8 Å². The van der Waals surface area contributed by atoms with Crippen molar-refractivity contribution in [3.8, 4) is 0 Å². The highest BCUT2D eigenvalue weighted by atomic mass is 32.2. The number of benzene rings is 1. The molecule has 122 valence electrons. The Kier molecular flexibility index (Phi) is 6.16. The quantitative estimate of drug-likeness (QED) is 0.747. The summed E-state index contributed by atoms with van der Waals surface area (Å²) in [5.41, 5.74) is 0.562. The lowest BCUT2D eigenvalue weighted by Gasteiger charge is -2.06. The van der Waals surface area contributed by atoms with Gasteiger partial charge >= 0.3 is 0 Å². The van der Waals surface area contributed by atoms with Crippen LogP contribution in [0.2, 0.25) is 0 Å². The van der Waals surface area contributed by atoms with Crippen LogP contribution in [0.15, 0.2) is 40.0 Å². The number of aromatic nitrogens is 2. The highest BCUT2D eigenvalue weighted by molar-refractivity contribution is 7.99. The van der Waals surface area contributed by atoms with E-state index in [4.69, 9.17) is 4.42 Å². The Bertz CT molecular complexity index is 658. The van der Waals surface area contributed by atoms with E-state index in [0.717, 1.165) is 11.8 Å². The van der Waals surface area contributed by atoms with Gasteiger partial charge in [-0.2, -0.15) is 0 Å². The van der Waals surface area contributed by atoms with Crippen LogP contribution in [0.4, 0.5) is 0 Å². The molecule has 0 spiro atoms. The molecule has 8 heteroatoms. The summed E-state index contributed by atoms with van der Waals surface area (Å²) in [5, 5.41) is 13.4. The lowest BCUT2D eigenvalue weighted by molar-refractivity contribution is -0.119. The Morgan fingerprint density at radius 3 is 2.65 bits per heavy atom. The minimum Gasteiger partial charge on any atom is -0.414 e. The second kappa shape index (κ2) is 8.33. The van der Waals surface area contributed by atoms with Gasteiger partial charge in [0.1, 0.15) is 0 Å². The van der Waals surface area contributed by atoms with Crippen LogP contribution in [0.1, 0.15) is 30.1 Å². The molecule has 7 nitrogen and oxygen atoms in total. The largest absolute Gasteiger partial charge is 0.414 e. The maximum atomic E-state index is 11.9. The Morgan fingerprint density at radius 2 is 1.96 bits per heavy atom. The smallest absolute Gasteiger partial charge is 0.277 e. The summed E-state index contributed by atoms with van der Waals surface area (Å²) in [5.74, 6) is 0.188. The first-order valence-electron chi connectivity index (χ1n) is 7.12. The third kappa shape index (κ3) is 5.74. The summed E-state index contributed by atoms with van der Waals surface area (Å²) >= 11 is 1.16. The van der Waals surface area contributed by atoms with Gasteiger partial charge in [0.15, 0.2) is 0 Å². The maximum Gasteiger partial charge on any atom is 0.277 e. The summed E-state index contributed by atoms with van der Waals surface area (Å²) < 4.78 is 5.37. The Morgan fingerprint density at radius 1 is 1.22 bits per heavy atom. The van der Waals surface area contributed by atoms with Gasteiger partial charge in [0.2, 0.25) is 11.8 Å². The monoisotopic (exact) mass is 334 g/mol. The van der Waals surface area contributed by atoms with Gasteiger partial charge in [-0.1, -0.05) is 30.0 Å². The van der Waals surface area contributed by atoms with E-state index >= 15 is 0 Å². The summed E-state index contributed by atoms with van der Waals surface area (Å²) in [4.78, 5) is 23.4. The van der Waals surface area contributed by atoms with Crippen molar-refractivity contribution in [1.29, 1.82) is 0 Å². The first kappa shape index (κ1) is 17.0. The second-order valence-electron chi connectivity index (χ2n) is 5.02. The van der Waals surface area contributed by atoms with Crippen molar-refractivity contribution in [2.75, 3.05) is 5.75 Å². The third-order valence-corrected chi connectivity index (χ3v) is 3.48. The first-order valence-corrected chi connectivity index (χ1v) is 8.11. The van der Waals surface area contributed by atoms with Crippen LogP contribution in [0.3, 0.4) is 0 Å². The van der Waals surface area contributed by atoms with Crippen molar-refractivity contribution >= 4 is 23.6 Å². The van der Waals surface area contributed by atoms with Crippen LogP contribution < -0.4 is 10.6 Å². The van der Waals surface area contributed by atoms with Crippen molar-refractivity contribution < 1.29 is 14.0 Å². The number of rotatable bonds is 7. The van der Waals surface area contributed by atoms with E-state index in [1.165, 1.54) is 0 Å². The zero-order valence-electron chi connectivity index (χ0n) is 12.9. The molecule has 2 amide bonds. The highest BCUT2D eigenvalue weighted by Gasteiger charge is 2.11. The zero-order chi connectivity index (χ0) is 16.7. The lowest BCUT2D eigenvalue weighted by Crippen LogP contribution is -2.31. The van der Waals surface area contributed by atoms with Gasteiger partial charge in [-0.15, -0.1) is 10.2 Å². The molecule has 0 bridgehead atoms. The Labute approximate surface area is 138 Å². The number of thioether (sulfide) groups is 1. The molecule has 0 fully saturated rings. The van der Waals surface area contributed by atoms with Gasteiger partial charge in [-0.25, -0.2) is 0 Å². The molecule has 2 aromatic rings. The maximum absolute atomic E-state index is 11.9. The van der Waals surface area contributed by atoms with Crippen molar-refractivity contribution in [3.63, 3.8) is 0 Å². The van der Waals surface area contributed by atoms with E-state index in [0.29, 0.717) is 16.7 Å². The number of carbonyl (C=O) groups excluding carboxylic acids is 2. The van der Waals surface area contributed by atoms with Gasteiger partial charge in [0.25, 0.3) is 11.1 Å². The molecule has 0 unspecified atom stereocenters. The normalized spacial score (nSPS) is 10.6. The van der Waals surface area contributed by atoms with Gasteiger partial charge < -0.3 is 15.1 Å². The fraction of sp³-hybridized carbons (Fsp3) is 0.333. The molecule has 1 heterocycles. The fourth-order valence-corrected chi connectivity index (χ4v) is 2.30. The van der Waals surface area contributed by atoms with E-state index in [1.807, 2.05) is 19.9 Å². The van der Waals surface area contributed by atoms with Gasteiger partial charge in [0, 0.05) is 11.6 Å². The molecule has 1 aromatic heterocycles. The molecular weight excluding hydrogens is 316 g/mol. The zero-order valence-corrected chi connectivity index (χ0v) is 13.7. The van der Waals surface area contributed by atoms with E-state index in [-0.39, 0.29) is 30.2 Å². The topological polar surface area (TPSA) is 97.1 Å². The minimum absolute atomic E-state index is 0.0922. The molecule has 23 heavy (non-hydrogen) atoms. The molecule has 2 N–H and O–H groups in total. The summed E-state index contributed by atoms with van der Waals surface area (Å²) in [7, 11) is 0. The molecule has 2 rings (SSSR count). The Hall–Kier alpha value is -2.35. The molecule has 0 atom stereocenters. The molecule has 0 aliphatic heterocycles. The number of amides is 2. The lowest BCUT2D eigenvalue weighted by atomic mass is 10.2. The minimum atomic E-state index is -0.214. The number of nitrogens with one attached hydrogen (secondary N) is 2. The van der Waals surface area contributed by atoms with E-state index in [2.05, 4.69) is 20.8 Å². The average Bonchev–Trinajstić information content (AvgIpc) is 2.99. The fourth-order valence-electron chi connectivity index (χ4n) is 1.71. The van der Waals surface area contributed by atoms with Crippen molar-refractivity contribution in [2.24, 2.45) is 0 Å². The van der Waals surface area contributed by atoms with Crippen molar-refractivity contribution in [1.82, 2.24) is 20.8 Å². The van der Waals surface area contributed by atoms with Crippen LogP contribution in [0, 0.1) is 0 Å². The van der Waals surface area contributed by atoms with Crippen molar-refractivity contribution in [2.45, 2.75) is 31.7 Å². The number of hydrogen-bond acceptors (Lipinski definition) is 6. The van der Waals surface area contributed by atoms with Crippen LogP contribution in [-0.2, 0) is 11.3 Å². The molecule has 1 aromatic carbocycles. The van der Waals surface area contributed by atoms with Crippen LogP contribution >= 0.6 is 11.8 Å². The first-order chi connectivity index (χ1) is 11.0. The predicted octanol–water partition coefficient (Wildman–Crippen LogP) is 1.62. The summed E-state index contributed by atoms with van der Waals surface area (Å²) in [6, 6.07) is 8.95. The standard InChI is InChI=1S/C15H18N4O3S/c1-10(2)17-12(20)9-23-15-19-18-13(22-15)8-16-14(21)11-6-4-3-5-7-11/h3-7,10H,8-9H2,1-2H3,(H,16,21)(H,17,20). The SMILES string of the molecule is CC(C)NC(=O)CSc1nnc(CNC(=O)c2ccccc2)o1. The molecule has 0 aliphatic carbocycles. The third-order valence-electron chi connectivity index (χ3n) is 2.66. The van der Waals surface area contributed by atoms with E-state index < -0.39 is 0 Å². The van der Waals surface area contributed by atoms with Crippen LogP contribution in [0.5, 0.6) is 0 Å². The van der Waals surface area contributed by atoms with Gasteiger partial charge in [-0.3, -0.25) is 9.59 Å². The highest BCUT2D eigenvalue weighted by Crippen LogP contribution is 2.15. The van der Waals surface area contributed by atoms with E-state index in [9.17, 15) is 9.59 Å². The number of nitrogens with zero attached hydrogens (tertiary/aromatic N) is 2. The van der Waals surface area contributed by atoms with Crippen molar-refractivity contribution in [3.05, 3.63) is 41.8 Å². The van der Waals surface area contributed by atoms with Gasteiger partial charge in [0.05, 0.1) is 12.3 Å². The molecule has 0 radical (unpaired) electrons. The number of carbonyl (C=O) groups is 2. The van der Waals surface area contributed by atoms with Gasteiger partial charge in [-0.05, 0) is 26.0 Å². The molecule has 0 aliphatic rings. The predicted molar refractivity (Wildman–Crippen MR) is 85.9 cm³/mol.